The van der Waals surface area contributed by atoms with Gasteiger partial charge in [0.2, 0.25) is 0 Å². The number of morpholine rings is 1. The summed E-state index contributed by atoms with van der Waals surface area (Å²) >= 11 is 0. The van der Waals surface area contributed by atoms with Gasteiger partial charge in [0.25, 0.3) is 0 Å². The van der Waals surface area contributed by atoms with Gasteiger partial charge in [-0.15, -0.1) is 0 Å². The Bertz CT molecular complexity index is 816. The highest BCUT2D eigenvalue weighted by Gasteiger charge is 2.37. The fourth-order valence-corrected chi connectivity index (χ4v) is 4.48. The Kier molecular flexibility index (Phi) is 6.73. The van der Waals surface area contributed by atoms with Crippen molar-refractivity contribution in [3.63, 3.8) is 0 Å². The molecule has 1 N–H and O–H groups in total. The standard InChI is InChI=1S/C23H34N4O3/c1-19-15-20(2)27(24-19)11-14-30-22-5-3-21(4-6-22)16-26-8-7-23(28,18-26)17-25-9-12-29-13-10-25/h3-6,15,28H,7-14,16-18H2,1-2H3/t23-/m0/s1. The van der Waals surface area contributed by atoms with E-state index in [9.17, 15) is 5.11 Å². The number of aromatic nitrogens is 2. The fraction of sp³-hybridized carbons (Fsp3) is 0.609. The molecule has 2 fully saturated rings. The molecule has 0 radical (unpaired) electrons. The monoisotopic (exact) mass is 414 g/mol. The molecule has 0 amide bonds. The molecular formula is C23H34N4O3. The third-order valence-corrected chi connectivity index (χ3v) is 6.04. The lowest BCUT2D eigenvalue weighted by atomic mass is 10.0. The Hall–Kier alpha value is -1.93. The molecule has 2 aliphatic rings. The second-order valence-electron chi connectivity index (χ2n) is 8.72. The second kappa shape index (κ2) is 9.47. The normalized spacial score (nSPS) is 23.2. The molecule has 7 nitrogen and oxygen atoms in total. The Labute approximate surface area is 179 Å². The van der Waals surface area contributed by atoms with Crippen LogP contribution in [0.2, 0.25) is 0 Å². The van der Waals surface area contributed by atoms with Gasteiger partial charge in [-0.3, -0.25) is 14.5 Å². The van der Waals surface area contributed by atoms with Crippen molar-refractivity contribution in [1.82, 2.24) is 19.6 Å². The number of benzene rings is 1. The van der Waals surface area contributed by atoms with Crippen LogP contribution in [0.4, 0.5) is 0 Å². The van der Waals surface area contributed by atoms with Crippen LogP contribution >= 0.6 is 0 Å². The molecule has 7 heteroatoms. The topological polar surface area (TPSA) is 63.0 Å². The van der Waals surface area contributed by atoms with Crippen LogP contribution in [-0.4, -0.2) is 82.8 Å². The minimum atomic E-state index is -0.608. The average Bonchev–Trinajstić information content (AvgIpc) is 3.25. The van der Waals surface area contributed by atoms with Crippen LogP contribution in [0, 0.1) is 13.8 Å². The minimum absolute atomic E-state index is 0.599. The van der Waals surface area contributed by atoms with E-state index >= 15 is 0 Å². The molecule has 3 heterocycles. The molecule has 1 aromatic carbocycles. The van der Waals surface area contributed by atoms with E-state index in [1.54, 1.807) is 0 Å². The molecule has 1 aromatic heterocycles. The van der Waals surface area contributed by atoms with Crippen LogP contribution in [0.1, 0.15) is 23.4 Å². The molecule has 0 aliphatic carbocycles. The summed E-state index contributed by atoms with van der Waals surface area (Å²) in [5.74, 6) is 0.880. The van der Waals surface area contributed by atoms with Gasteiger partial charge in [0.15, 0.2) is 0 Å². The van der Waals surface area contributed by atoms with Crippen molar-refractivity contribution in [1.29, 1.82) is 0 Å². The van der Waals surface area contributed by atoms with Crippen LogP contribution in [-0.2, 0) is 17.8 Å². The zero-order valence-electron chi connectivity index (χ0n) is 18.2. The van der Waals surface area contributed by atoms with Gasteiger partial charge in [0.1, 0.15) is 12.4 Å². The quantitative estimate of drug-likeness (QED) is 0.711. The predicted octanol–water partition coefficient (Wildman–Crippen LogP) is 1.85. The SMILES string of the molecule is Cc1cc(C)n(CCOc2ccc(CN3CC[C@](O)(CN4CCOCC4)C3)cc2)n1. The van der Waals surface area contributed by atoms with E-state index in [4.69, 9.17) is 9.47 Å². The highest BCUT2D eigenvalue weighted by atomic mass is 16.5. The Balaban J connectivity index is 1.22. The van der Waals surface area contributed by atoms with E-state index in [1.165, 1.54) is 5.56 Å². The van der Waals surface area contributed by atoms with E-state index in [2.05, 4.69) is 40.0 Å². The summed E-state index contributed by atoms with van der Waals surface area (Å²) in [5, 5.41) is 15.5. The first-order valence-corrected chi connectivity index (χ1v) is 11.0. The third kappa shape index (κ3) is 5.60. The maximum atomic E-state index is 11.0. The molecule has 0 bridgehead atoms. The summed E-state index contributed by atoms with van der Waals surface area (Å²) in [4.78, 5) is 4.67. The van der Waals surface area contributed by atoms with Gasteiger partial charge < -0.3 is 14.6 Å². The molecule has 1 atom stereocenters. The fourth-order valence-electron chi connectivity index (χ4n) is 4.48. The zero-order valence-corrected chi connectivity index (χ0v) is 18.2. The van der Waals surface area contributed by atoms with E-state index in [1.807, 2.05) is 23.7 Å². The van der Waals surface area contributed by atoms with Crippen LogP contribution < -0.4 is 4.74 Å². The summed E-state index contributed by atoms with van der Waals surface area (Å²) < 4.78 is 13.3. The van der Waals surface area contributed by atoms with Gasteiger partial charge in [0, 0.05) is 45.0 Å². The first-order chi connectivity index (χ1) is 14.5. The van der Waals surface area contributed by atoms with Crippen LogP contribution in [0.5, 0.6) is 5.75 Å². The smallest absolute Gasteiger partial charge is 0.119 e. The number of likely N-dealkylation sites (tertiary alicyclic amines) is 1. The summed E-state index contributed by atoms with van der Waals surface area (Å²) in [6.07, 6.45) is 0.831. The van der Waals surface area contributed by atoms with E-state index in [-0.39, 0.29) is 0 Å². The summed E-state index contributed by atoms with van der Waals surface area (Å²) in [6, 6.07) is 10.4. The van der Waals surface area contributed by atoms with Crippen molar-refractivity contribution in [2.45, 2.75) is 39.0 Å². The summed E-state index contributed by atoms with van der Waals surface area (Å²) in [7, 11) is 0. The van der Waals surface area contributed by atoms with Gasteiger partial charge in [-0.1, -0.05) is 12.1 Å². The molecule has 0 unspecified atom stereocenters. The van der Waals surface area contributed by atoms with Gasteiger partial charge in [-0.05, 0) is 44.0 Å². The van der Waals surface area contributed by atoms with Crippen LogP contribution in [0.3, 0.4) is 0 Å². The van der Waals surface area contributed by atoms with Crippen molar-refractivity contribution < 1.29 is 14.6 Å². The van der Waals surface area contributed by atoms with Crippen LogP contribution in [0.15, 0.2) is 30.3 Å². The molecule has 4 rings (SSSR count). The van der Waals surface area contributed by atoms with Crippen molar-refractivity contribution in [3.05, 3.63) is 47.3 Å². The molecule has 0 saturated carbocycles. The number of nitrogens with zero attached hydrogens (tertiary/aromatic N) is 4. The Morgan fingerprint density at radius 2 is 1.87 bits per heavy atom. The zero-order chi connectivity index (χ0) is 21.0. The van der Waals surface area contributed by atoms with E-state index in [0.717, 1.165) is 82.6 Å². The molecule has 164 valence electrons. The summed E-state index contributed by atoms with van der Waals surface area (Å²) in [6.45, 7) is 12.1. The van der Waals surface area contributed by atoms with Crippen molar-refractivity contribution in [2.75, 3.05) is 52.5 Å². The Morgan fingerprint density at radius 3 is 2.57 bits per heavy atom. The second-order valence-corrected chi connectivity index (χ2v) is 8.72. The largest absolute Gasteiger partial charge is 0.492 e. The molecule has 2 aliphatic heterocycles. The maximum absolute atomic E-state index is 11.0. The first kappa shape index (κ1) is 21.3. The van der Waals surface area contributed by atoms with Gasteiger partial charge in [0.05, 0.1) is 31.1 Å². The lowest BCUT2D eigenvalue weighted by Crippen LogP contribution is -2.48. The molecular weight excluding hydrogens is 380 g/mol. The number of β-amino-alcohol motifs (C(OH)–C–C–N with tert-alkyl or cyclic N) is 1. The maximum Gasteiger partial charge on any atom is 0.119 e. The predicted molar refractivity (Wildman–Crippen MR) is 116 cm³/mol. The van der Waals surface area contributed by atoms with Gasteiger partial charge in [-0.25, -0.2) is 0 Å². The first-order valence-electron chi connectivity index (χ1n) is 11.0. The number of hydrogen-bond donors (Lipinski definition) is 1. The van der Waals surface area contributed by atoms with Gasteiger partial charge in [-0.2, -0.15) is 5.10 Å². The summed E-state index contributed by atoms with van der Waals surface area (Å²) in [5.41, 5.74) is 2.83. The number of aryl methyl sites for hydroxylation is 2. The molecule has 2 aromatic rings. The number of hydrogen-bond acceptors (Lipinski definition) is 6. The number of aliphatic hydroxyl groups is 1. The average molecular weight is 415 g/mol. The molecule has 30 heavy (non-hydrogen) atoms. The number of rotatable bonds is 8. The third-order valence-electron chi connectivity index (χ3n) is 6.04. The van der Waals surface area contributed by atoms with E-state index in [0.29, 0.717) is 6.61 Å². The Morgan fingerprint density at radius 1 is 1.10 bits per heavy atom. The highest BCUT2D eigenvalue weighted by Crippen LogP contribution is 2.25. The highest BCUT2D eigenvalue weighted by molar-refractivity contribution is 5.27. The van der Waals surface area contributed by atoms with Crippen molar-refractivity contribution in [2.24, 2.45) is 0 Å². The van der Waals surface area contributed by atoms with Gasteiger partial charge >= 0.3 is 0 Å². The molecule has 2 saturated heterocycles. The lowest BCUT2D eigenvalue weighted by Gasteiger charge is -2.33. The van der Waals surface area contributed by atoms with Crippen LogP contribution in [0.25, 0.3) is 0 Å². The van der Waals surface area contributed by atoms with Crippen molar-refractivity contribution in [3.8, 4) is 5.75 Å². The van der Waals surface area contributed by atoms with E-state index < -0.39 is 5.60 Å². The number of ether oxygens (including phenoxy) is 2. The van der Waals surface area contributed by atoms with Crippen molar-refractivity contribution >= 4 is 0 Å². The minimum Gasteiger partial charge on any atom is -0.492 e. The lowest BCUT2D eigenvalue weighted by molar-refractivity contribution is -0.0266. The molecule has 0 spiro atoms.